The van der Waals surface area contributed by atoms with Gasteiger partial charge in [-0.25, -0.2) is 18.2 Å². The van der Waals surface area contributed by atoms with E-state index in [1.807, 2.05) is 38.1 Å². The molecule has 1 fully saturated rings. The van der Waals surface area contributed by atoms with E-state index in [0.29, 0.717) is 23.6 Å². The molecular formula is C21H24N6O4S. The van der Waals surface area contributed by atoms with Crippen LogP contribution in [0, 0.1) is 6.92 Å². The third-order valence-corrected chi connectivity index (χ3v) is 8.13. The molecule has 4 heterocycles. The first kappa shape index (κ1) is 20.7. The average molecular weight is 457 g/mol. The van der Waals surface area contributed by atoms with Crippen LogP contribution in [0.25, 0.3) is 11.2 Å². The van der Waals surface area contributed by atoms with Gasteiger partial charge in [0.25, 0.3) is 5.56 Å². The maximum Gasteiger partial charge on any atom is 0.332 e. The molecule has 0 saturated carbocycles. The van der Waals surface area contributed by atoms with Crippen LogP contribution in [0.15, 0.2) is 39.0 Å². The fourth-order valence-corrected chi connectivity index (χ4v) is 6.23. The Bertz CT molecular complexity index is 1510. The molecule has 5 rings (SSSR count). The van der Waals surface area contributed by atoms with Crippen LogP contribution in [0.2, 0.25) is 0 Å². The van der Waals surface area contributed by atoms with E-state index in [1.165, 1.54) is 11.6 Å². The van der Waals surface area contributed by atoms with E-state index in [0.717, 1.165) is 15.7 Å². The summed E-state index contributed by atoms with van der Waals surface area (Å²) in [6.45, 7) is 3.92. The zero-order valence-electron chi connectivity index (χ0n) is 18.3. The predicted molar refractivity (Wildman–Crippen MR) is 122 cm³/mol. The number of anilines is 1. The van der Waals surface area contributed by atoms with E-state index in [-0.39, 0.29) is 23.2 Å². The lowest BCUT2D eigenvalue weighted by atomic mass is 10.0. The first-order valence-corrected chi connectivity index (χ1v) is 12.2. The summed E-state index contributed by atoms with van der Waals surface area (Å²) < 4.78 is 28.6. The molecule has 0 unspecified atom stereocenters. The Balaban J connectivity index is 1.81. The number of sulfone groups is 1. The topological polar surface area (TPSA) is 112 Å². The Kier molecular flexibility index (Phi) is 4.45. The van der Waals surface area contributed by atoms with Gasteiger partial charge in [-0.2, -0.15) is 10.1 Å². The molecule has 0 aliphatic carbocycles. The molecular weight excluding hydrogens is 432 g/mol. The summed E-state index contributed by atoms with van der Waals surface area (Å²) in [7, 11) is -0.170. The van der Waals surface area contributed by atoms with Gasteiger partial charge in [0, 0.05) is 14.1 Å². The molecule has 3 aromatic rings. The standard InChI is InChI=1S/C21H24N6O4S/c1-12-5-7-14(8-6-12)16-13(2)26-17-18(24(3)21(29)25(4)19(17)28)22-20(26)27(23-16)15-9-10-32(30,31)11-15/h5-8,13,15H,9-11H2,1-4H3/t13-,15+/m1/s1. The third kappa shape index (κ3) is 2.94. The molecule has 2 atom stereocenters. The number of hydrazone groups is 1. The van der Waals surface area contributed by atoms with E-state index < -0.39 is 27.1 Å². The Hall–Kier alpha value is -3.21. The minimum atomic E-state index is -3.18. The van der Waals surface area contributed by atoms with Gasteiger partial charge in [-0.1, -0.05) is 29.8 Å². The van der Waals surface area contributed by atoms with Gasteiger partial charge in [-0.3, -0.25) is 18.5 Å². The molecule has 0 N–H and O–H groups in total. The lowest BCUT2D eigenvalue weighted by molar-refractivity contribution is 0.578. The van der Waals surface area contributed by atoms with Crippen LogP contribution in [-0.4, -0.2) is 50.4 Å². The van der Waals surface area contributed by atoms with Crippen LogP contribution >= 0.6 is 0 Å². The number of nitrogens with zero attached hydrogens (tertiary/aromatic N) is 6. The van der Waals surface area contributed by atoms with Crippen molar-refractivity contribution in [2.75, 3.05) is 16.5 Å². The molecule has 0 spiro atoms. The minimum absolute atomic E-state index is 0.0355. The zero-order valence-corrected chi connectivity index (χ0v) is 19.1. The van der Waals surface area contributed by atoms with Crippen molar-refractivity contribution in [3.63, 3.8) is 0 Å². The Morgan fingerprint density at radius 3 is 2.38 bits per heavy atom. The van der Waals surface area contributed by atoms with Gasteiger partial charge in [-0.05, 0) is 25.8 Å². The van der Waals surface area contributed by atoms with E-state index in [2.05, 4.69) is 4.98 Å². The first-order valence-electron chi connectivity index (χ1n) is 10.4. The molecule has 32 heavy (non-hydrogen) atoms. The Morgan fingerprint density at radius 1 is 1.06 bits per heavy atom. The molecule has 2 aliphatic heterocycles. The van der Waals surface area contributed by atoms with Crippen molar-refractivity contribution in [1.29, 1.82) is 0 Å². The summed E-state index contributed by atoms with van der Waals surface area (Å²) >= 11 is 0. The molecule has 10 nitrogen and oxygen atoms in total. The molecule has 168 valence electrons. The fraction of sp³-hybridized carbons (Fsp3) is 0.429. The number of benzene rings is 1. The molecule has 2 aliphatic rings. The van der Waals surface area contributed by atoms with E-state index in [9.17, 15) is 18.0 Å². The second-order valence-electron chi connectivity index (χ2n) is 8.59. The second-order valence-corrected chi connectivity index (χ2v) is 10.8. The van der Waals surface area contributed by atoms with Gasteiger partial charge >= 0.3 is 5.69 Å². The van der Waals surface area contributed by atoms with Gasteiger partial charge in [-0.15, -0.1) is 0 Å². The molecule has 0 amide bonds. The summed E-state index contributed by atoms with van der Waals surface area (Å²) in [4.78, 5) is 30.2. The summed E-state index contributed by atoms with van der Waals surface area (Å²) in [6.07, 6.45) is 0.418. The zero-order chi connectivity index (χ0) is 22.9. The maximum atomic E-state index is 13.1. The highest BCUT2D eigenvalue weighted by atomic mass is 32.2. The van der Waals surface area contributed by atoms with Gasteiger partial charge < -0.3 is 0 Å². The second kappa shape index (κ2) is 6.89. The predicted octanol–water partition coefficient (Wildman–Crippen LogP) is 0.715. The lowest BCUT2D eigenvalue weighted by Crippen LogP contribution is -2.41. The minimum Gasteiger partial charge on any atom is -0.294 e. The summed E-state index contributed by atoms with van der Waals surface area (Å²) in [6, 6.07) is 7.15. The molecule has 11 heteroatoms. The van der Waals surface area contributed by atoms with Crippen molar-refractivity contribution in [1.82, 2.24) is 18.7 Å². The van der Waals surface area contributed by atoms with Crippen molar-refractivity contribution in [3.05, 3.63) is 56.2 Å². The van der Waals surface area contributed by atoms with Crippen LogP contribution < -0.4 is 16.3 Å². The number of hydrogen-bond donors (Lipinski definition) is 0. The molecule has 0 radical (unpaired) electrons. The summed E-state index contributed by atoms with van der Waals surface area (Å²) in [5, 5.41) is 6.49. The van der Waals surface area contributed by atoms with Crippen molar-refractivity contribution in [3.8, 4) is 0 Å². The summed E-state index contributed by atoms with van der Waals surface area (Å²) in [5.74, 6) is 0.426. The number of aryl methyl sites for hydroxylation is 2. The lowest BCUT2D eigenvalue weighted by Gasteiger charge is -2.33. The number of aromatic nitrogens is 4. The van der Waals surface area contributed by atoms with Crippen LogP contribution in [0.1, 0.15) is 30.5 Å². The monoisotopic (exact) mass is 456 g/mol. The van der Waals surface area contributed by atoms with E-state index in [4.69, 9.17) is 5.10 Å². The van der Waals surface area contributed by atoms with Gasteiger partial charge in [0.05, 0.1) is 29.3 Å². The number of fused-ring (bicyclic) bond motifs is 3. The highest BCUT2D eigenvalue weighted by Crippen LogP contribution is 2.35. The largest absolute Gasteiger partial charge is 0.332 e. The van der Waals surface area contributed by atoms with Crippen molar-refractivity contribution in [2.24, 2.45) is 19.2 Å². The van der Waals surface area contributed by atoms with Crippen molar-refractivity contribution < 1.29 is 8.42 Å². The average Bonchev–Trinajstić information content (AvgIpc) is 3.33. The van der Waals surface area contributed by atoms with Crippen LogP contribution in [-0.2, 0) is 23.9 Å². The SMILES string of the molecule is Cc1ccc(C2=NN([C@H]3CCS(=O)(=O)C3)c3nc4c(c(=O)n(C)c(=O)n4C)n3[C@@H]2C)cc1. The third-order valence-electron chi connectivity index (χ3n) is 6.38. The normalized spacial score (nSPS) is 22.2. The number of hydrogen-bond acceptors (Lipinski definition) is 7. The Morgan fingerprint density at radius 2 is 1.75 bits per heavy atom. The number of imidazole rings is 1. The molecule has 1 saturated heterocycles. The van der Waals surface area contributed by atoms with Gasteiger partial charge in [0.1, 0.15) is 0 Å². The van der Waals surface area contributed by atoms with Gasteiger partial charge in [0.2, 0.25) is 5.95 Å². The van der Waals surface area contributed by atoms with Gasteiger partial charge in [0.15, 0.2) is 21.0 Å². The smallest absolute Gasteiger partial charge is 0.294 e. The highest BCUT2D eigenvalue weighted by molar-refractivity contribution is 7.91. The fourth-order valence-electron chi connectivity index (χ4n) is 4.53. The van der Waals surface area contributed by atoms with E-state index >= 15 is 0 Å². The van der Waals surface area contributed by atoms with Crippen molar-refractivity contribution >= 4 is 32.7 Å². The van der Waals surface area contributed by atoms with Crippen LogP contribution in [0.3, 0.4) is 0 Å². The number of rotatable bonds is 2. The van der Waals surface area contributed by atoms with E-state index in [1.54, 1.807) is 16.6 Å². The first-order chi connectivity index (χ1) is 15.1. The molecule has 1 aromatic carbocycles. The van der Waals surface area contributed by atoms with Crippen LogP contribution in [0.5, 0.6) is 0 Å². The molecule has 2 aromatic heterocycles. The molecule has 0 bridgehead atoms. The van der Waals surface area contributed by atoms with Crippen LogP contribution in [0.4, 0.5) is 5.95 Å². The maximum absolute atomic E-state index is 13.1. The van der Waals surface area contributed by atoms with Crippen molar-refractivity contribution in [2.45, 2.75) is 32.4 Å². The highest BCUT2D eigenvalue weighted by Gasteiger charge is 2.39. The Labute approximate surface area is 184 Å². The summed E-state index contributed by atoms with van der Waals surface area (Å²) in [5.41, 5.74) is 2.32. The quantitative estimate of drug-likeness (QED) is 0.562.